The first kappa shape index (κ1) is 11.0. The minimum atomic E-state index is -0.878. The zero-order chi connectivity index (χ0) is 11.3. The Morgan fingerprint density at radius 1 is 1.27 bits per heavy atom. The molecule has 1 aromatic rings. The average Bonchev–Trinajstić information content (AvgIpc) is 2.18. The first-order valence-electron chi connectivity index (χ1n) is 4.17. The van der Waals surface area contributed by atoms with Crippen LogP contribution in [0.25, 0.3) is 0 Å². The van der Waals surface area contributed by atoms with Gasteiger partial charge in [-0.15, -0.1) is 0 Å². The van der Waals surface area contributed by atoms with Crippen LogP contribution in [0, 0.1) is 5.82 Å². The number of urea groups is 1. The molecule has 80 valence electrons. The second kappa shape index (κ2) is 4.94. The first-order chi connectivity index (χ1) is 7.09. The molecule has 0 aliphatic rings. The molecule has 0 radical (unpaired) electrons. The van der Waals surface area contributed by atoms with E-state index >= 15 is 0 Å². The summed E-state index contributed by atoms with van der Waals surface area (Å²) >= 11 is 0. The number of hydrogen-bond acceptors (Lipinski definition) is 2. The fourth-order valence-electron chi connectivity index (χ4n) is 0.990. The summed E-state index contributed by atoms with van der Waals surface area (Å²) < 4.78 is 13.1. The Bertz CT molecular complexity index is 381. The minimum absolute atomic E-state index is 0.160. The topological polar surface area (TPSA) is 84.2 Å². The van der Waals surface area contributed by atoms with Crippen molar-refractivity contribution in [2.45, 2.75) is 6.42 Å². The Morgan fingerprint density at radius 3 is 2.53 bits per heavy atom. The van der Waals surface area contributed by atoms with Crippen molar-refractivity contribution < 1.29 is 14.0 Å². The van der Waals surface area contributed by atoms with Crippen LogP contribution in [0.15, 0.2) is 24.3 Å². The van der Waals surface area contributed by atoms with Crippen LogP contribution in [-0.4, -0.2) is 11.9 Å². The number of rotatable bonds is 2. The van der Waals surface area contributed by atoms with Gasteiger partial charge in [0.05, 0.1) is 6.42 Å². The zero-order valence-electron chi connectivity index (χ0n) is 7.79. The van der Waals surface area contributed by atoms with Gasteiger partial charge in [0.15, 0.2) is 0 Å². The molecular weight excluding hydrogens is 201 g/mol. The maximum Gasteiger partial charge on any atom is 0.330 e. The molecule has 0 aliphatic carbocycles. The summed E-state index contributed by atoms with van der Waals surface area (Å²) in [4.78, 5) is 21.4. The lowest BCUT2D eigenvalue weighted by molar-refractivity contribution is -0.121. The molecule has 0 atom stereocenters. The van der Waals surface area contributed by atoms with Crippen LogP contribution in [0.2, 0.25) is 0 Å². The molecule has 0 spiro atoms. The molecule has 0 fully saturated rings. The lowest BCUT2D eigenvalue weighted by Crippen LogP contribution is -2.45. The van der Waals surface area contributed by atoms with E-state index in [1.165, 1.54) is 18.2 Å². The van der Waals surface area contributed by atoms with E-state index < -0.39 is 17.8 Å². The molecule has 0 aliphatic heterocycles. The molecule has 0 bridgehead atoms. The van der Waals surface area contributed by atoms with E-state index in [1.807, 2.05) is 10.9 Å². The van der Waals surface area contributed by atoms with Gasteiger partial charge in [-0.25, -0.2) is 14.6 Å². The van der Waals surface area contributed by atoms with Gasteiger partial charge in [0.2, 0.25) is 5.91 Å². The highest BCUT2D eigenvalue weighted by molar-refractivity contribution is 5.81. The van der Waals surface area contributed by atoms with Crippen molar-refractivity contribution >= 4 is 11.9 Å². The molecule has 0 unspecified atom stereocenters. The molecule has 0 heterocycles. The number of nitrogens with one attached hydrogen (secondary N) is 2. The molecule has 1 aromatic carbocycles. The molecular formula is C9H10FN3O2. The van der Waals surface area contributed by atoms with Crippen molar-refractivity contribution in [1.82, 2.24) is 10.9 Å². The van der Waals surface area contributed by atoms with E-state index in [0.717, 1.165) is 0 Å². The highest BCUT2D eigenvalue weighted by atomic mass is 19.1. The molecule has 15 heavy (non-hydrogen) atoms. The largest absolute Gasteiger partial charge is 0.350 e. The molecule has 1 rings (SSSR count). The third-order valence-electron chi connectivity index (χ3n) is 1.63. The SMILES string of the molecule is NC(=O)NNC(=O)Cc1ccccc1F. The first-order valence-corrected chi connectivity index (χ1v) is 4.17. The fraction of sp³-hybridized carbons (Fsp3) is 0.111. The number of primary amides is 1. The number of amides is 3. The van der Waals surface area contributed by atoms with Gasteiger partial charge in [-0.2, -0.15) is 0 Å². The number of carbonyl (C=O) groups excluding carboxylic acids is 2. The van der Waals surface area contributed by atoms with Crippen molar-refractivity contribution in [3.63, 3.8) is 0 Å². The van der Waals surface area contributed by atoms with Gasteiger partial charge in [-0.3, -0.25) is 10.2 Å². The monoisotopic (exact) mass is 211 g/mol. The Balaban J connectivity index is 2.52. The quantitative estimate of drug-likeness (QED) is 0.605. The molecule has 5 nitrogen and oxygen atoms in total. The molecule has 3 amide bonds. The Hall–Kier alpha value is -2.11. The highest BCUT2D eigenvalue weighted by Crippen LogP contribution is 2.06. The Morgan fingerprint density at radius 2 is 1.93 bits per heavy atom. The summed E-state index contributed by atoms with van der Waals surface area (Å²) in [5.41, 5.74) is 8.91. The van der Waals surface area contributed by atoms with E-state index in [-0.39, 0.29) is 12.0 Å². The van der Waals surface area contributed by atoms with E-state index in [1.54, 1.807) is 6.07 Å². The van der Waals surface area contributed by atoms with Gasteiger partial charge < -0.3 is 5.73 Å². The van der Waals surface area contributed by atoms with Gasteiger partial charge >= 0.3 is 6.03 Å². The van der Waals surface area contributed by atoms with Gasteiger partial charge in [0, 0.05) is 0 Å². The fourth-order valence-corrected chi connectivity index (χ4v) is 0.990. The van der Waals surface area contributed by atoms with Crippen LogP contribution in [-0.2, 0) is 11.2 Å². The number of carbonyl (C=O) groups is 2. The number of nitrogens with two attached hydrogens (primary N) is 1. The van der Waals surface area contributed by atoms with E-state index in [0.29, 0.717) is 0 Å². The lowest BCUT2D eigenvalue weighted by atomic mass is 10.1. The van der Waals surface area contributed by atoms with Crippen molar-refractivity contribution in [3.05, 3.63) is 35.6 Å². The number of benzene rings is 1. The average molecular weight is 211 g/mol. The third-order valence-corrected chi connectivity index (χ3v) is 1.63. The summed E-state index contributed by atoms with van der Waals surface area (Å²) in [6.07, 6.45) is -0.160. The number of hydrazine groups is 1. The second-order valence-electron chi connectivity index (χ2n) is 2.81. The maximum atomic E-state index is 13.1. The van der Waals surface area contributed by atoms with Crippen LogP contribution in [0.3, 0.4) is 0 Å². The molecule has 0 saturated carbocycles. The van der Waals surface area contributed by atoms with E-state index in [9.17, 15) is 14.0 Å². The van der Waals surface area contributed by atoms with E-state index in [4.69, 9.17) is 5.73 Å². The lowest BCUT2D eigenvalue weighted by Gasteiger charge is -2.05. The van der Waals surface area contributed by atoms with Crippen molar-refractivity contribution in [2.24, 2.45) is 5.73 Å². The summed E-state index contributed by atoms with van der Waals surface area (Å²) in [7, 11) is 0. The normalized spacial score (nSPS) is 9.40. The second-order valence-corrected chi connectivity index (χ2v) is 2.81. The molecule has 6 heteroatoms. The Kier molecular flexibility index (Phi) is 3.61. The van der Waals surface area contributed by atoms with Crippen molar-refractivity contribution in [1.29, 1.82) is 0 Å². The zero-order valence-corrected chi connectivity index (χ0v) is 7.79. The molecule has 0 aromatic heterocycles. The predicted molar refractivity (Wildman–Crippen MR) is 51.0 cm³/mol. The predicted octanol–water partition coefficient (Wildman–Crippen LogP) is 0.0677. The number of hydrogen-bond donors (Lipinski definition) is 3. The molecule has 4 N–H and O–H groups in total. The van der Waals surface area contributed by atoms with Crippen molar-refractivity contribution in [3.8, 4) is 0 Å². The highest BCUT2D eigenvalue weighted by Gasteiger charge is 2.07. The van der Waals surface area contributed by atoms with Crippen LogP contribution < -0.4 is 16.6 Å². The standard InChI is InChI=1S/C9H10FN3O2/c10-7-4-2-1-3-6(7)5-8(14)12-13-9(11)15/h1-4H,5H2,(H,12,14)(H3,11,13,15). The smallest absolute Gasteiger partial charge is 0.330 e. The maximum absolute atomic E-state index is 13.1. The van der Waals surface area contributed by atoms with E-state index in [2.05, 4.69) is 0 Å². The summed E-state index contributed by atoms with van der Waals surface area (Å²) in [6, 6.07) is 5.01. The van der Waals surface area contributed by atoms with Crippen LogP contribution in [0.1, 0.15) is 5.56 Å². The Labute approximate surface area is 85.4 Å². The van der Waals surface area contributed by atoms with Gasteiger partial charge in [0.1, 0.15) is 5.82 Å². The van der Waals surface area contributed by atoms with Crippen LogP contribution in [0.5, 0.6) is 0 Å². The van der Waals surface area contributed by atoms with Crippen molar-refractivity contribution in [2.75, 3.05) is 0 Å². The van der Waals surface area contributed by atoms with Crippen LogP contribution in [0.4, 0.5) is 9.18 Å². The van der Waals surface area contributed by atoms with Gasteiger partial charge in [0.25, 0.3) is 0 Å². The summed E-state index contributed by atoms with van der Waals surface area (Å²) in [5.74, 6) is -1.01. The van der Waals surface area contributed by atoms with Gasteiger partial charge in [-0.1, -0.05) is 18.2 Å². The van der Waals surface area contributed by atoms with Gasteiger partial charge in [-0.05, 0) is 11.6 Å². The minimum Gasteiger partial charge on any atom is -0.350 e. The summed E-state index contributed by atoms with van der Waals surface area (Å²) in [6.45, 7) is 0. The molecule has 0 saturated heterocycles. The third kappa shape index (κ3) is 3.63. The number of halogens is 1. The summed E-state index contributed by atoms with van der Waals surface area (Å²) in [5, 5.41) is 0. The van der Waals surface area contributed by atoms with Crippen LogP contribution >= 0.6 is 0 Å².